The number of pyridine rings is 2. The Hall–Kier alpha value is -2.88. The number of piperidine rings is 1. The van der Waals surface area contributed by atoms with Crippen LogP contribution >= 0.6 is 23.4 Å². The maximum absolute atomic E-state index is 8.31. The van der Waals surface area contributed by atoms with E-state index < -0.39 is 13.8 Å². The molecular formula is C25H27ClN8S. The molecule has 0 bridgehead atoms. The van der Waals surface area contributed by atoms with Crippen LogP contribution in [0.4, 0.5) is 11.8 Å². The molecule has 10 heteroatoms. The van der Waals surface area contributed by atoms with Gasteiger partial charge in [-0.1, -0.05) is 29.4 Å². The molecule has 3 N–H and O–H groups in total. The summed E-state index contributed by atoms with van der Waals surface area (Å²) < 4.78 is 49.2. The highest BCUT2D eigenvalue weighted by Gasteiger charge is 2.46. The average molecular weight is 513 g/mol. The summed E-state index contributed by atoms with van der Waals surface area (Å²) in [4.78, 5) is 20.6. The Morgan fingerprint density at radius 2 is 2.09 bits per heavy atom. The van der Waals surface area contributed by atoms with E-state index in [-0.39, 0.29) is 28.0 Å². The first-order valence-electron chi connectivity index (χ1n) is 14.3. The highest BCUT2D eigenvalue weighted by Crippen LogP contribution is 2.50. The SMILES string of the molecule is [2H]C([2H])([2H])Nc1nccc(Sc2c(C([2H])([2H])[2H])nc(N3CCC4(CC3)Cc3ncccc3[C@H]4N)n3ccnc23)c1Cl. The van der Waals surface area contributed by atoms with Crippen molar-refractivity contribution < 1.29 is 8.22 Å². The molecule has 180 valence electrons. The molecule has 0 aromatic carbocycles. The van der Waals surface area contributed by atoms with Crippen molar-refractivity contribution in [2.75, 3.05) is 30.3 Å². The Kier molecular flexibility index (Phi) is 4.14. The van der Waals surface area contributed by atoms with E-state index in [1.165, 1.54) is 6.20 Å². The first-order chi connectivity index (χ1) is 19.4. The summed E-state index contributed by atoms with van der Waals surface area (Å²) in [6.45, 7) is -3.76. The van der Waals surface area contributed by atoms with Gasteiger partial charge in [0.05, 0.1) is 15.6 Å². The lowest BCUT2D eigenvalue weighted by Gasteiger charge is -2.42. The van der Waals surface area contributed by atoms with Crippen LogP contribution in [0.3, 0.4) is 0 Å². The number of imidazole rings is 1. The van der Waals surface area contributed by atoms with Gasteiger partial charge in [0.1, 0.15) is 5.82 Å². The van der Waals surface area contributed by atoms with Crippen molar-refractivity contribution in [3.05, 3.63) is 65.0 Å². The monoisotopic (exact) mass is 512 g/mol. The van der Waals surface area contributed by atoms with Crippen molar-refractivity contribution in [3.8, 4) is 0 Å². The number of aromatic nitrogens is 5. The maximum Gasteiger partial charge on any atom is 0.211 e. The average Bonchev–Trinajstić information content (AvgIpc) is 3.50. The van der Waals surface area contributed by atoms with Gasteiger partial charge in [0.15, 0.2) is 5.65 Å². The number of nitrogens with zero attached hydrogens (tertiary/aromatic N) is 6. The molecule has 8 nitrogen and oxygen atoms in total. The summed E-state index contributed by atoms with van der Waals surface area (Å²) in [5.74, 6) is 0.469. The van der Waals surface area contributed by atoms with Crippen molar-refractivity contribution >= 4 is 40.8 Å². The summed E-state index contributed by atoms with van der Waals surface area (Å²) in [6, 6.07) is 5.48. The predicted octanol–water partition coefficient (Wildman–Crippen LogP) is 4.52. The number of fused-ring (bicyclic) bond motifs is 2. The van der Waals surface area contributed by atoms with E-state index in [1.54, 1.807) is 29.1 Å². The summed E-state index contributed by atoms with van der Waals surface area (Å²) in [5, 5.41) is 2.37. The van der Waals surface area contributed by atoms with E-state index in [0.29, 0.717) is 34.5 Å². The third kappa shape index (κ3) is 3.64. The summed E-state index contributed by atoms with van der Waals surface area (Å²) >= 11 is 7.57. The van der Waals surface area contributed by atoms with E-state index in [0.717, 1.165) is 42.3 Å². The van der Waals surface area contributed by atoms with Gasteiger partial charge in [-0.15, -0.1) is 0 Å². The third-order valence-electron chi connectivity index (χ3n) is 7.15. The Morgan fingerprint density at radius 1 is 1.20 bits per heavy atom. The van der Waals surface area contributed by atoms with Crippen molar-refractivity contribution in [1.82, 2.24) is 24.3 Å². The van der Waals surface area contributed by atoms with E-state index in [4.69, 9.17) is 30.5 Å². The lowest BCUT2D eigenvalue weighted by atomic mass is 9.73. The molecule has 0 amide bonds. The van der Waals surface area contributed by atoms with Crippen LogP contribution in [0.5, 0.6) is 0 Å². The zero-order valence-electron chi connectivity index (χ0n) is 24.7. The summed E-state index contributed by atoms with van der Waals surface area (Å²) in [6.07, 6.45) is 9.03. The maximum atomic E-state index is 8.31. The quantitative estimate of drug-likeness (QED) is 0.412. The van der Waals surface area contributed by atoms with Crippen molar-refractivity contribution in [2.45, 2.75) is 41.9 Å². The fourth-order valence-corrected chi connectivity index (χ4v) is 6.45. The van der Waals surface area contributed by atoms with Gasteiger partial charge in [-0.2, -0.15) is 0 Å². The molecule has 0 radical (unpaired) electrons. The summed E-state index contributed by atoms with van der Waals surface area (Å²) in [7, 11) is 0. The lowest BCUT2D eigenvalue weighted by Crippen LogP contribution is -2.45. The zero-order valence-corrected chi connectivity index (χ0v) is 20.3. The first kappa shape index (κ1) is 16.7. The highest BCUT2D eigenvalue weighted by molar-refractivity contribution is 7.99. The standard InChI is InChI=1S/C25H27ClN8S/c1-15-20(35-18-5-9-30-22(28-2)19(18)26)23-31-10-13-34(23)24(32-15)33-11-6-25(7-12-33)14-17-16(21(25)27)4-3-8-29-17/h3-5,8-10,13,21H,6-7,11-12,14,27H2,1-2H3,(H,28,30)/t21-/m1/s1/i1D3,2D3. The molecule has 0 saturated carbocycles. The number of anilines is 2. The molecule has 6 rings (SSSR count). The zero-order chi connectivity index (χ0) is 29.2. The molecule has 1 fully saturated rings. The second kappa shape index (κ2) is 8.65. The van der Waals surface area contributed by atoms with Crippen LogP contribution in [0.1, 0.15) is 44.1 Å². The Morgan fingerprint density at radius 3 is 2.89 bits per heavy atom. The molecule has 35 heavy (non-hydrogen) atoms. The second-order valence-electron chi connectivity index (χ2n) is 8.95. The van der Waals surface area contributed by atoms with E-state index in [1.807, 2.05) is 6.07 Å². The number of halogens is 1. The second-order valence-corrected chi connectivity index (χ2v) is 10.4. The smallest absolute Gasteiger partial charge is 0.211 e. The molecule has 5 heterocycles. The van der Waals surface area contributed by atoms with Gasteiger partial charge in [0.25, 0.3) is 0 Å². The van der Waals surface area contributed by atoms with Gasteiger partial charge < -0.3 is 16.0 Å². The minimum Gasteiger partial charge on any atom is -0.372 e. The molecule has 0 unspecified atom stereocenters. The number of nitrogens with two attached hydrogens (primary N) is 1. The third-order valence-corrected chi connectivity index (χ3v) is 8.79. The molecule has 4 aromatic heterocycles. The van der Waals surface area contributed by atoms with Gasteiger partial charge in [-0.05, 0) is 49.2 Å². The van der Waals surface area contributed by atoms with Crippen LogP contribution in [0.2, 0.25) is 5.02 Å². The molecule has 1 aliphatic heterocycles. The Labute approximate surface area is 221 Å². The van der Waals surface area contributed by atoms with Gasteiger partial charge in [-0.25, -0.2) is 15.0 Å². The molecule has 1 atom stereocenters. The van der Waals surface area contributed by atoms with Crippen molar-refractivity contribution in [2.24, 2.45) is 11.1 Å². The van der Waals surface area contributed by atoms with Crippen LogP contribution in [-0.2, 0) is 6.42 Å². The van der Waals surface area contributed by atoms with E-state index >= 15 is 0 Å². The largest absolute Gasteiger partial charge is 0.372 e. The number of nitrogens with one attached hydrogen (secondary N) is 1. The minimum absolute atomic E-state index is 0.0271. The predicted molar refractivity (Wildman–Crippen MR) is 139 cm³/mol. The normalized spacial score (nSPS) is 22.1. The van der Waals surface area contributed by atoms with E-state index in [2.05, 4.69) is 31.2 Å². The fourth-order valence-electron chi connectivity index (χ4n) is 5.26. The molecule has 4 aromatic rings. The van der Waals surface area contributed by atoms with Gasteiger partial charge >= 0.3 is 0 Å². The first-order valence-corrected chi connectivity index (χ1v) is 12.5. The lowest BCUT2D eigenvalue weighted by molar-refractivity contribution is 0.186. The molecule has 2 aliphatic rings. The van der Waals surface area contributed by atoms with Crippen LogP contribution in [0.25, 0.3) is 5.65 Å². The van der Waals surface area contributed by atoms with Crippen LogP contribution in [0, 0.1) is 12.3 Å². The Bertz CT molecular complexity index is 1620. The summed E-state index contributed by atoms with van der Waals surface area (Å²) in [5.41, 5.74) is 9.10. The Balaban J connectivity index is 1.34. The van der Waals surface area contributed by atoms with Crippen LogP contribution < -0.4 is 16.0 Å². The molecule has 1 spiro atoms. The van der Waals surface area contributed by atoms with E-state index in [9.17, 15) is 0 Å². The molecule has 1 aliphatic carbocycles. The number of rotatable bonds is 4. The van der Waals surface area contributed by atoms with Crippen LogP contribution in [0.15, 0.2) is 52.8 Å². The fraction of sp³-hybridized carbons (Fsp3) is 0.360. The minimum atomic E-state index is -2.55. The van der Waals surface area contributed by atoms with Crippen LogP contribution in [-0.4, -0.2) is 44.4 Å². The molecule has 1 saturated heterocycles. The number of hydrogen-bond donors (Lipinski definition) is 2. The topological polar surface area (TPSA) is 97.3 Å². The number of aryl methyl sites for hydroxylation is 1. The van der Waals surface area contributed by atoms with Crippen molar-refractivity contribution in [1.29, 1.82) is 0 Å². The van der Waals surface area contributed by atoms with Gasteiger partial charge in [0, 0.05) is 69.7 Å². The molecular weight excluding hydrogens is 480 g/mol. The van der Waals surface area contributed by atoms with Gasteiger partial charge in [-0.3, -0.25) is 9.38 Å². The number of hydrogen-bond acceptors (Lipinski definition) is 8. The van der Waals surface area contributed by atoms with Gasteiger partial charge in [0.2, 0.25) is 5.95 Å². The highest BCUT2D eigenvalue weighted by atomic mass is 35.5. The van der Waals surface area contributed by atoms with Crippen molar-refractivity contribution in [3.63, 3.8) is 0 Å².